The number of hydrogen-bond donors (Lipinski definition) is 2. The maximum absolute atomic E-state index is 11.3. The third-order valence-corrected chi connectivity index (χ3v) is 6.09. The molecule has 8 nitrogen and oxygen atoms in total. The van der Waals surface area contributed by atoms with Crippen molar-refractivity contribution < 1.29 is 29.4 Å². The molecule has 38 heavy (non-hydrogen) atoms. The Morgan fingerprint density at radius 1 is 0.395 bits per heavy atom. The molecule has 0 atom stereocenters. The molecule has 0 aliphatic carbocycles. The molecule has 0 fully saturated rings. The number of amides is 4. The zero-order chi connectivity index (χ0) is 27.4. The summed E-state index contributed by atoms with van der Waals surface area (Å²) in [5.41, 5.74) is 3.31. The van der Waals surface area contributed by atoms with Gasteiger partial charge < -0.3 is 10.2 Å². The minimum atomic E-state index is -0.212. The summed E-state index contributed by atoms with van der Waals surface area (Å²) in [6.45, 7) is 0. The molecule has 2 N–H and O–H groups in total. The number of benzene rings is 4. The fourth-order valence-corrected chi connectivity index (χ4v) is 4.02. The third kappa shape index (κ3) is 4.87. The summed E-state index contributed by atoms with van der Waals surface area (Å²) in [5, 5.41) is 19.2. The van der Waals surface area contributed by atoms with Crippen LogP contribution >= 0.6 is 0 Å². The van der Waals surface area contributed by atoms with Crippen molar-refractivity contribution in [3.05, 3.63) is 119 Å². The van der Waals surface area contributed by atoms with Crippen LogP contribution in [-0.2, 0) is 0 Å². The summed E-state index contributed by atoms with van der Waals surface area (Å²) >= 11 is 0. The van der Waals surface area contributed by atoms with E-state index in [1.807, 2.05) is 12.1 Å². The molecule has 2 aliphatic rings. The molecule has 0 saturated heterocycles. The van der Waals surface area contributed by atoms with Crippen molar-refractivity contribution in [2.24, 2.45) is 0 Å². The van der Waals surface area contributed by atoms with Gasteiger partial charge in [0, 0.05) is 25.2 Å². The molecule has 0 saturated carbocycles. The molecule has 0 bridgehead atoms. The molecule has 0 spiro atoms. The van der Waals surface area contributed by atoms with Crippen LogP contribution in [0, 0.1) is 0 Å². The van der Waals surface area contributed by atoms with Crippen molar-refractivity contribution >= 4 is 23.6 Å². The molecule has 6 rings (SSSR count). The van der Waals surface area contributed by atoms with Crippen LogP contribution < -0.4 is 0 Å². The number of hydrogen-bond acceptors (Lipinski definition) is 6. The Labute approximate surface area is 219 Å². The molecule has 4 amide bonds. The highest BCUT2D eigenvalue weighted by atomic mass is 16.3. The van der Waals surface area contributed by atoms with Crippen LogP contribution in [0.25, 0.3) is 11.1 Å². The fraction of sp³-hybridized carbons (Fsp3) is 0.0667. The van der Waals surface area contributed by atoms with Gasteiger partial charge in [-0.25, -0.2) is 0 Å². The van der Waals surface area contributed by atoms with E-state index in [-0.39, 0.29) is 35.1 Å². The first-order valence-corrected chi connectivity index (χ1v) is 11.6. The topological polar surface area (TPSA) is 115 Å². The molecular weight excluding hydrogens is 484 g/mol. The average molecular weight is 509 g/mol. The lowest BCUT2D eigenvalue weighted by Crippen LogP contribution is -2.24. The first-order chi connectivity index (χ1) is 18.2. The number of imide groups is 2. The molecule has 4 aromatic carbocycles. The number of nitrogens with zero attached hydrogens (tertiary/aromatic N) is 2. The van der Waals surface area contributed by atoms with Gasteiger partial charge in [0.05, 0.1) is 22.3 Å². The quantitative estimate of drug-likeness (QED) is 0.364. The maximum atomic E-state index is 11.3. The van der Waals surface area contributed by atoms with Gasteiger partial charge in [0.15, 0.2) is 0 Å². The van der Waals surface area contributed by atoms with E-state index in [2.05, 4.69) is 0 Å². The average Bonchev–Trinajstić information content (AvgIpc) is 3.30. The summed E-state index contributed by atoms with van der Waals surface area (Å²) < 4.78 is 0. The molecule has 4 aromatic rings. The van der Waals surface area contributed by atoms with Crippen LogP contribution in [0.1, 0.15) is 41.4 Å². The molecule has 0 aromatic heterocycles. The number of carbonyl (C=O) groups excluding carboxylic acids is 4. The van der Waals surface area contributed by atoms with Gasteiger partial charge in [0.1, 0.15) is 11.5 Å². The van der Waals surface area contributed by atoms with Gasteiger partial charge in [-0.3, -0.25) is 29.0 Å². The van der Waals surface area contributed by atoms with Crippen LogP contribution in [0.5, 0.6) is 11.5 Å². The van der Waals surface area contributed by atoms with Crippen LogP contribution in [-0.4, -0.2) is 57.7 Å². The minimum absolute atomic E-state index is 0.175. The summed E-state index contributed by atoms with van der Waals surface area (Å²) in [6.07, 6.45) is 0. The molecule has 0 radical (unpaired) electrons. The summed E-state index contributed by atoms with van der Waals surface area (Å²) in [5.74, 6) is -0.500. The summed E-state index contributed by atoms with van der Waals surface area (Å²) in [4.78, 5) is 47.5. The predicted molar refractivity (Wildman–Crippen MR) is 141 cm³/mol. The minimum Gasteiger partial charge on any atom is -0.507 e. The van der Waals surface area contributed by atoms with Crippen LogP contribution in [0.4, 0.5) is 0 Å². The largest absolute Gasteiger partial charge is 0.507 e. The Hall–Kier alpha value is -5.24. The van der Waals surface area contributed by atoms with E-state index in [0.717, 1.165) is 9.80 Å². The highest BCUT2D eigenvalue weighted by molar-refractivity contribution is 6.21. The van der Waals surface area contributed by atoms with Crippen molar-refractivity contribution in [2.75, 3.05) is 14.1 Å². The van der Waals surface area contributed by atoms with E-state index in [1.165, 1.54) is 14.1 Å². The monoisotopic (exact) mass is 508 g/mol. The summed E-state index contributed by atoms with van der Waals surface area (Å²) in [7, 11) is 2.98. The lowest BCUT2D eigenvalue weighted by Gasteiger charge is -2.05. The second kappa shape index (κ2) is 10.8. The number of carbonyl (C=O) groups is 4. The van der Waals surface area contributed by atoms with Crippen LogP contribution in [0.2, 0.25) is 0 Å². The van der Waals surface area contributed by atoms with Gasteiger partial charge in [0.2, 0.25) is 0 Å². The highest BCUT2D eigenvalue weighted by Crippen LogP contribution is 2.34. The predicted octanol–water partition coefficient (Wildman–Crippen LogP) is 4.59. The molecule has 190 valence electrons. The lowest BCUT2D eigenvalue weighted by molar-refractivity contribution is 0.0678. The van der Waals surface area contributed by atoms with Crippen molar-refractivity contribution in [3.8, 4) is 22.6 Å². The molecule has 2 heterocycles. The number of para-hydroxylation sites is 2. The highest BCUT2D eigenvalue weighted by Gasteiger charge is 2.32. The summed E-state index contributed by atoms with van der Waals surface area (Å²) in [6, 6.07) is 27.5. The fourth-order valence-electron chi connectivity index (χ4n) is 4.02. The normalized spacial score (nSPS) is 13.3. The first kappa shape index (κ1) is 25.8. The van der Waals surface area contributed by atoms with Crippen LogP contribution in [0.3, 0.4) is 0 Å². The number of phenolic OH excluding ortho intramolecular Hbond substituents is 2. The number of fused-ring (bicyclic) bond motifs is 2. The number of rotatable bonds is 1. The zero-order valence-electron chi connectivity index (χ0n) is 20.7. The Balaban J connectivity index is 0.000000133. The Morgan fingerprint density at radius 2 is 0.605 bits per heavy atom. The Kier molecular flexibility index (Phi) is 7.34. The number of aromatic hydroxyl groups is 2. The first-order valence-electron chi connectivity index (χ1n) is 11.6. The smallest absolute Gasteiger partial charge is 0.261 e. The van der Waals surface area contributed by atoms with Crippen molar-refractivity contribution in [2.45, 2.75) is 0 Å². The second-order valence-corrected chi connectivity index (χ2v) is 8.46. The van der Waals surface area contributed by atoms with Crippen LogP contribution in [0.15, 0.2) is 97.1 Å². The van der Waals surface area contributed by atoms with E-state index in [4.69, 9.17) is 0 Å². The Morgan fingerprint density at radius 3 is 0.842 bits per heavy atom. The molecule has 2 aliphatic heterocycles. The standard InChI is InChI=1S/C12H10O2.2C9H7NO2/c13-11-7-3-1-5-9(11)10-6-2-4-8-12(10)14;2*1-10-8(11)6-4-2-3-5-7(6)9(10)12/h1-8,13-14H;2*2-5H,1H3. The molecule has 0 unspecified atom stereocenters. The second-order valence-electron chi connectivity index (χ2n) is 8.46. The lowest BCUT2D eigenvalue weighted by atomic mass is 10.0. The zero-order valence-corrected chi connectivity index (χ0v) is 20.7. The SMILES string of the molecule is CN1C(=O)c2ccccc2C1=O.CN1C(=O)c2ccccc2C1=O.Oc1ccccc1-c1ccccc1O. The molecule has 8 heteroatoms. The van der Waals surface area contributed by atoms with Gasteiger partial charge in [-0.2, -0.15) is 0 Å². The van der Waals surface area contributed by atoms with Gasteiger partial charge >= 0.3 is 0 Å². The maximum Gasteiger partial charge on any atom is 0.261 e. The van der Waals surface area contributed by atoms with Crippen molar-refractivity contribution in [3.63, 3.8) is 0 Å². The Bertz CT molecular complexity index is 1370. The van der Waals surface area contributed by atoms with Crippen molar-refractivity contribution in [1.82, 2.24) is 9.80 Å². The van der Waals surface area contributed by atoms with Crippen molar-refractivity contribution in [1.29, 1.82) is 0 Å². The third-order valence-electron chi connectivity index (χ3n) is 6.09. The van der Waals surface area contributed by atoms with Gasteiger partial charge in [-0.1, -0.05) is 60.7 Å². The van der Waals surface area contributed by atoms with E-state index < -0.39 is 0 Å². The van der Waals surface area contributed by atoms with Gasteiger partial charge in [0.25, 0.3) is 23.6 Å². The van der Waals surface area contributed by atoms with E-state index >= 15 is 0 Å². The van der Waals surface area contributed by atoms with E-state index in [1.54, 1.807) is 84.9 Å². The van der Waals surface area contributed by atoms with Gasteiger partial charge in [-0.15, -0.1) is 0 Å². The van der Waals surface area contributed by atoms with E-state index in [9.17, 15) is 29.4 Å². The van der Waals surface area contributed by atoms with E-state index in [0.29, 0.717) is 33.4 Å². The molecular formula is C30H24N2O6. The number of phenols is 2. The van der Waals surface area contributed by atoms with Gasteiger partial charge in [-0.05, 0) is 36.4 Å².